The number of carbonyl (C=O) groups is 2. The number of halogens is 2. The largest absolute Gasteiger partial charge is 0.481 e. The lowest BCUT2D eigenvalue weighted by Gasteiger charge is -2.09. The van der Waals surface area contributed by atoms with E-state index < -0.39 is 5.97 Å². The summed E-state index contributed by atoms with van der Waals surface area (Å²) in [4.78, 5) is 21.9. The van der Waals surface area contributed by atoms with Crippen molar-refractivity contribution in [2.75, 3.05) is 13.2 Å². The molecule has 0 N–H and O–H groups in total. The van der Waals surface area contributed by atoms with Crippen LogP contribution in [-0.4, -0.2) is 25.5 Å². The fourth-order valence-corrected chi connectivity index (χ4v) is 1.65. The normalized spacial score (nSPS) is 9.82. The van der Waals surface area contributed by atoms with Gasteiger partial charge in [-0.15, -0.1) is 0 Å². The summed E-state index contributed by atoms with van der Waals surface area (Å²) >= 11 is 11.6. The van der Waals surface area contributed by atoms with E-state index in [0.717, 1.165) is 0 Å². The summed E-state index contributed by atoms with van der Waals surface area (Å²) in [6.07, 6.45) is 0.541. The summed E-state index contributed by atoms with van der Waals surface area (Å²) in [5, 5.41) is 0.491. The highest BCUT2D eigenvalue weighted by molar-refractivity contribution is 6.36. The van der Waals surface area contributed by atoms with Crippen molar-refractivity contribution in [2.45, 2.75) is 6.92 Å². The fraction of sp³-hybridized carbons (Fsp3) is 0.273. The summed E-state index contributed by atoms with van der Waals surface area (Å²) in [6, 6.07) is 2.83. The standard InChI is InChI=1S/C11H10Cl2O4/c1-2-16-11(15)6-17-10-4-7(12)3-9(13)8(10)5-14/h3-5H,2,6H2,1H3. The van der Waals surface area contributed by atoms with E-state index in [1.807, 2.05) is 0 Å². The maximum absolute atomic E-state index is 11.1. The molecule has 0 amide bonds. The van der Waals surface area contributed by atoms with Crippen molar-refractivity contribution in [1.82, 2.24) is 0 Å². The molecule has 0 saturated carbocycles. The van der Waals surface area contributed by atoms with E-state index in [0.29, 0.717) is 11.3 Å². The van der Waals surface area contributed by atoms with Gasteiger partial charge in [-0.1, -0.05) is 23.2 Å². The molecule has 1 aromatic rings. The van der Waals surface area contributed by atoms with Crippen LogP contribution in [0.5, 0.6) is 5.75 Å². The molecule has 92 valence electrons. The zero-order chi connectivity index (χ0) is 12.8. The van der Waals surface area contributed by atoms with Gasteiger partial charge >= 0.3 is 5.97 Å². The Hall–Kier alpha value is -1.26. The molecular formula is C11H10Cl2O4. The molecule has 1 aromatic carbocycles. The SMILES string of the molecule is CCOC(=O)COc1cc(Cl)cc(Cl)c1C=O. The third-order valence-electron chi connectivity index (χ3n) is 1.83. The van der Waals surface area contributed by atoms with E-state index in [1.165, 1.54) is 12.1 Å². The minimum absolute atomic E-state index is 0.153. The minimum atomic E-state index is -0.527. The van der Waals surface area contributed by atoms with E-state index >= 15 is 0 Å². The maximum atomic E-state index is 11.1. The number of aldehydes is 1. The molecule has 0 heterocycles. The average molecular weight is 277 g/mol. The van der Waals surface area contributed by atoms with Crippen molar-refractivity contribution in [3.63, 3.8) is 0 Å². The molecule has 0 aromatic heterocycles. The number of rotatable bonds is 5. The zero-order valence-corrected chi connectivity index (χ0v) is 10.5. The average Bonchev–Trinajstić information content (AvgIpc) is 2.26. The molecule has 0 unspecified atom stereocenters. The number of benzene rings is 1. The van der Waals surface area contributed by atoms with Crippen LogP contribution in [-0.2, 0) is 9.53 Å². The smallest absolute Gasteiger partial charge is 0.344 e. The van der Waals surface area contributed by atoms with Crippen LogP contribution in [0.1, 0.15) is 17.3 Å². The zero-order valence-electron chi connectivity index (χ0n) is 9.04. The van der Waals surface area contributed by atoms with Gasteiger partial charge in [0.05, 0.1) is 17.2 Å². The van der Waals surface area contributed by atoms with Gasteiger partial charge in [0.25, 0.3) is 0 Å². The van der Waals surface area contributed by atoms with E-state index in [1.54, 1.807) is 6.92 Å². The first-order chi connectivity index (χ1) is 8.08. The monoisotopic (exact) mass is 276 g/mol. The van der Waals surface area contributed by atoms with E-state index in [4.69, 9.17) is 27.9 Å². The Morgan fingerprint density at radius 1 is 1.41 bits per heavy atom. The summed E-state index contributed by atoms with van der Waals surface area (Å²) in [5.41, 5.74) is 0.153. The molecule has 17 heavy (non-hydrogen) atoms. The van der Waals surface area contributed by atoms with Gasteiger partial charge in [-0.2, -0.15) is 0 Å². The highest BCUT2D eigenvalue weighted by atomic mass is 35.5. The van der Waals surface area contributed by atoms with E-state index in [-0.39, 0.29) is 29.5 Å². The number of ether oxygens (including phenoxy) is 2. The number of hydrogen-bond acceptors (Lipinski definition) is 4. The molecule has 0 spiro atoms. The second-order valence-electron chi connectivity index (χ2n) is 3.01. The Morgan fingerprint density at radius 3 is 2.71 bits per heavy atom. The Bertz CT molecular complexity index is 432. The van der Waals surface area contributed by atoms with Crippen LogP contribution < -0.4 is 4.74 Å². The summed E-state index contributed by atoms with van der Waals surface area (Å²) in [7, 11) is 0. The van der Waals surface area contributed by atoms with Gasteiger partial charge in [-0.3, -0.25) is 4.79 Å². The van der Waals surface area contributed by atoms with Gasteiger partial charge in [0.2, 0.25) is 0 Å². The summed E-state index contributed by atoms with van der Waals surface area (Å²) in [5.74, 6) is -0.369. The van der Waals surface area contributed by atoms with Gasteiger partial charge in [0, 0.05) is 5.02 Å². The van der Waals surface area contributed by atoms with Gasteiger partial charge in [0.1, 0.15) is 5.75 Å². The number of hydrogen-bond donors (Lipinski definition) is 0. The molecular weight excluding hydrogens is 267 g/mol. The second-order valence-corrected chi connectivity index (χ2v) is 3.85. The fourth-order valence-electron chi connectivity index (χ4n) is 1.13. The van der Waals surface area contributed by atoms with Crippen molar-refractivity contribution in [3.05, 3.63) is 27.7 Å². The molecule has 6 heteroatoms. The first kappa shape index (κ1) is 13.8. The topological polar surface area (TPSA) is 52.6 Å². The second kappa shape index (κ2) is 6.47. The first-order valence-corrected chi connectivity index (χ1v) is 5.56. The summed E-state index contributed by atoms with van der Waals surface area (Å²) < 4.78 is 9.81. The van der Waals surface area contributed by atoms with Crippen LogP contribution in [0.4, 0.5) is 0 Å². The Morgan fingerprint density at radius 2 is 2.12 bits per heavy atom. The van der Waals surface area contributed by atoms with Crippen molar-refractivity contribution >= 4 is 35.5 Å². The molecule has 1 rings (SSSR count). The van der Waals surface area contributed by atoms with Crippen LogP contribution in [0.15, 0.2) is 12.1 Å². The van der Waals surface area contributed by atoms with Crippen molar-refractivity contribution in [3.8, 4) is 5.75 Å². The van der Waals surface area contributed by atoms with Crippen molar-refractivity contribution in [2.24, 2.45) is 0 Å². The molecule has 0 fully saturated rings. The van der Waals surface area contributed by atoms with Crippen LogP contribution in [0, 0.1) is 0 Å². The van der Waals surface area contributed by atoms with Gasteiger partial charge in [-0.25, -0.2) is 4.79 Å². The predicted molar refractivity (Wildman–Crippen MR) is 64.0 cm³/mol. The van der Waals surface area contributed by atoms with Crippen LogP contribution in [0.3, 0.4) is 0 Å². The third kappa shape index (κ3) is 3.91. The number of esters is 1. The highest BCUT2D eigenvalue weighted by Gasteiger charge is 2.11. The van der Waals surface area contributed by atoms with Gasteiger partial charge in [0.15, 0.2) is 12.9 Å². The maximum Gasteiger partial charge on any atom is 0.344 e. The Balaban J connectivity index is 2.83. The van der Waals surface area contributed by atoms with Crippen molar-refractivity contribution in [1.29, 1.82) is 0 Å². The van der Waals surface area contributed by atoms with Crippen LogP contribution in [0.2, 0.25) is 10.0 Å². The molecule has 0 radical (unpaired) electrons. The lowest BCUT2D eigenvalue weighted by atomic mass is 10.2. The highest BCUT2D eigenvalue weighted by Crippen LogP contribution is 2.29. The quantitative estimate of drug-likeness (QED) is 0.613. The predicted octanol–water partition coefficient (Wildman–Crippen LogP) is 2.75. The van der Waals surface area contributed by atoms with E-state index in [2.05, 4.69) is 4.74 Å². The summed E-state index contributed by atoms with van der Waals surface area (Å²) in [6.45, 7) is 1.65. The lowest BCUT2D eigenvalue weighted by Crippen LogP contribution is -2.15. The molecule has 0 aliphatic carbocycles. The van der Waals surface area contributed by atoms with Crippen LogP contribution >= 0.6 is 23.2 Å². The first-order valence-electron chi connectivity index (χ1n) is 4.81. The molecule has 4 nitrogen and oxygen atoms in total. The third-order valence-corrected chi connectivity index (χ3v) is 2.36. The van der Waals surface area contributed by atoms with Crippen LogP contribution in [0.25, 0.3) is 0 Å². The lowest BCUT2D eigenvalue weighted by molar-refractivity contribution is -0.145. The van der Waals surface area contributed by atoms with Gasteiger partial charge < -0.3 is 9.47 Å². The van der Waals surface area contributed by atoms with Gasteiger partial charge in [-0.05, 0) is 19.1 Å². The number of carbonyl (C=O) groups excluding carboxylic acids is 2. The van der Waals surface area contributed by atoms with E-state index in [9.17, 15) is 9.59 Å². The Kier molecular flexibility index (Phi) is 5.25. The molecule has 0 bridgehead atoms. The molecule has 0 saturated heterocycles. The molecule has 0 atom stereocenters. The molecule has 0 aliphatic heterocycles. The van der Waals surface area contributed by atoms with Crippen molar-refractivity contribution < 1.29 is 19.1 Å². The molecule has 0 aliphatic rings. The minimum Gasteiger partial charge on any atom is -0.481 e. The Labute approximate surface area is 108 Å².